The van der Waals surface area contributed by atoms with Crippen LogP contribution in [0.4, 0.5) is 0 Å². The van der Waals surface area contributed by atoms with Gasteiger partial charge in [0.1, 0.15) is 18.1 Å². The predicted octanol–water partition coefficient (Wildman–Crippen LogP) is -0.0865. The summed E-state index contributed by atoms with van der Waals surface area (Å²) in [6.45, 7) is 0.215. The molecule has 1 aliphatic rings. The third-order valence-electron chi connectivity index (χ3n) is 7.15. The standard InChI is InChI=1S/C27H33N7O7/c28-18(10-15-12-30-19-5-2-1-4-17(15)19)24(37)32-20(7-8-23(35)36)25(38)33-21(11-16-13-29-14-31-16)26(39)34-9-3-6-22(34)27(40)41/h1-2,4-5,12-14,18,20-22,30H,3,6-11,28H2,(H,29,31)(H,32,37)(H,33,38)(H,35,36)(H,40,41). The number of nitrogens with two attached hydrogens (primary N) is 1. The Morgan fingerprint density at radius 1 is 1.05 bits per heavy atom. The number of hydrogen-bond donors (Lipinski definition) is 7. The molecule has 0 saturated carbocycles. The Kier molecular flexibility index (Phi) is 9.34. The van der Waals surface area contributed by atoms with Gasteiger partial charge in [-0.25, -0.2) is 9.78 Å². The van der Waals surface area contributed by atoms with Crippen LogP contribution in [0.2, 0.25) is 0 Å². The van der Waals surface area contributed by atoms with E-state index in [1.54, 1.807) is 6.20 Å². The van der Waals surface area contributed by atoms with Gasteiger partial charge < -0.3 is 41.4 Å². The Hall–Kier alpha value is -4.72. The van der Waals surface area contributed by atoms with E-state index in [9.17, 15) is 34.2 Å². The summed E-state index contributed by atoms with van der Waals surface area (Å²) in [7, 11) is 0. The topological polar surface area (TPSA) is 224 Å². The minimum atomic E-state index is -1.31. The van der Waals surface area contributed by atoms with Crippen molar-refractivity contribution in [1.82, 2.24) is 30.5 Å². The van der Waals surface area contributed by atoms with Gasteiger partial charge >= 0.3 is 11.9 Å². The van der Waals surface area contributed by atoms with Gasteiger partial charge in [-0.2, -0.15) is 0 Å². The van der Waals surface area contributed by atoms with E-state index in [2.05, 4.69) is 25.6 Å². The van der Waals surface area contributed by atoms with Crippen molar-refractivity contribution in [2.45, 2.75) is 62.7 Å². The van der Waals surface area contributed by atoms with Crippen molar-refractivity contribution in [3.05, 3.63) is 54.2 Å². The Bertz CT molecular complexity index is 1400. The third-order valence-corrected chi connectivity index (χ3v) is 7.15. The van der Waals surface area contributed by atoms with Gasteiger partial charge in [-0.05, 0) is 37.3 Å². The smallest absolute Gasteiger partial charge is 0.326 e. The number of carboxylic acids is 2. The van der Waals surface area contributed by atoms with Crippen LogP contribution in [0, 0.1) is 0 Å². The fraction of sp³-hybridized carbons (Fsp3) is 0.407. The van der Waals surface area contributed by atoms with Crippen LogP contribution in [0.25, 0.3) is 10.9 Å². The monoisotopic (exact) mass is 567 g/mol. The predicted molar refractivity (Wildman–Crippen MR) is 145 cm³/mol. The van der Waals surface area contributed by atoms with Crippen LogP contribution < -0.4 is 16.4 Å². The number of fused-ring (bicyclic) bond motifs is 1. The summed E-state index contributed by atoms with van der Waals surface area (Å²) in [5, 5.41) is 24.8. The van der Waals surface area contributed by atoms with Crippen molar-refractivity contribution < 1.29 is 34.2 Å². The average molecular weight is 568 g/mol. The van der Waals surface area contributed by atoms with Crippen LogP contribution in [0.3, 0.4) is 0 Å². The highest BCUT2D eigenvalue weighted by molar-refractivity contribution is 5.95. The second-order valence-corrected chi connectivity index (χ2v) is 10.0. The molecule has 14 heteroatoms. The van der Waals surface area contributed by atoms with Gasteiger partial charge in [-0.1, -0.05) is 18.2 Å². The van der Waals surface area contributed by atoms with Crippen molar-refractivity contribution in [3.63, 3.8) is 0 Å². The Morgan fingerprint density at radius 3 is 2.51 bits per heavy atom. The van der Waals surface area contributed by atoms with Crippen molar-refractivity contribution in [1.29, 1.82) is 0 Å². The van der Waals surface area contributed by atoms with Gasteiger partial charge in [-0.15, -0.1) is 0 Å². The molecule has 1 aliphatic heterocycles. The summed E-state index contributed by atoms with van der Waals surface area (Å²) >= 11 is 0. The summed E-state index contributed by atoms with van der Waals surface area (Å²) in [6, 6.07) is 2.95. The molecule has 4 unspecified atom stereocenters. The maximum atomic E-state index is 13.4. The van der Waals surface area contributed by atoms with Crippen molar-refractivity contribution in [3.8, 4) is 0 Å². The van der Waals surface area contributed by atoms with Gasteiger partial charge in [0.25, 0.3) is 0 Å². The summed E-state index contributed by atoms with van der Waals surface area (Å²) in [4.78, 5) is 74.0. The number of amides is 3. The number of hydrogen-bond acceptors (Lipinski definition) is 7. The molecular formula is C27H33N7O7. The van der Waals surface area contributed by atoms with E-state index in [4.69, 9.17) is 5.73 Å². The largest absolute Gasteiger partial charge is 0.481 e. The lowest BCUT2D eigenvalue weighted by atomic mass is 10.0. The lowest BCUT2D eigenvalue weighted by Gasteiger charge is -2.28. The molecular weight excluding hydrogens is 534 g/mol. The molecule has 3 amide bonds. The van der Waals surface area contributed by atoms with Gasteiger partial charge in [0.15, 0.2) is 0 Å². The van der Waals surface area contributed by atoms with Gasteiger partial charge in [-0.3, -0.25) is 19.2 Å². The van der Waals surface area contributed by atoms with E-state index < -0.39 is 60.2 Å². The fourth-order valence-corrected chi connectivity index (χ4v) is 5.02. The van der Waals surface area contributed by atoms with Crippen LogP contribution >= 0.6 is 0 Å². The van der Waals surface area contributed by atoms with Crippen LogP contribution in [0.15, 0.2) is 43.0 Å². The normalized spacial score (nSPS) is 17.1. The number of nitrogens with one attached hydrogen (secondary N) is 4. The lowest BCUT2D eigenvalue weighted by molar-refractivity contribution is -0.149. The Balaban J connectivity index is 1.48. The highest BCUT2D eigenvalue weighted by Gasteiger charge is 2.38. The Morgan fingerprint density at radius 2 is 1.80 bits per heavy atom. The number of benzene rings is 1. The summed E-state index contributed by atoms with van der Waals surface area (Å²) < 4.78 is 0. The van der Waals surface area contributed by atoms with E-state index in [0.717, 1.165) is 16.5 Å². The first-order valence-corrected chi connectivity index (χ1v) is 13.3. The molecule has 3 aromatic rings. The molecule has 1 saturated heterocycles. The van der Waals surface area contributed by atoms with Crippen LogP contribution in [-0.4, -0.2) is 90.4 Å². The van der Waals surface area contributed by atoms with Crippen LogP contribution in [0.1, 0.15) is 36.9 Å². The molecule has 41 heavy (non-hydrogen) atoms. The minimum absolute atomic E-state index is 0.0207. The summed E-state index contributed by atoms with van der Waals surface area (Å²) in [5.41, 5.74) is 8.37. The highest BCUT2D eigenvalue weighted by Crippen LogP contribution is 2.20. The molecule has 4 rings (SSSR count). The maximum Gasteiger partial charge on any atom is 0.326 e. The van der Waals surface area contributed by atoms with Crippen LogP contribution in [0.5, 0.6) is 0 Å². The average Bonchev–Trinajstić information content (AvgIpc) is 3.71. The number of imidazole rings is 1. The number of rotatable bonds is 13. The molecule has 1 fully saturated rings. The lowest BCUT2D eigenvalue weighted by Crippen LogP contribution is -2.58. The van der Waals surface area contributed by atoms with Crippen molar-refractivity contribution >= 4 is 40.6 Å². The molecule has 2 aromatic heterocycles. The minimum Gasteiger partial charge on any atom is -0.481 e. The number of para-hydroxylation sites is 1. The second-order valence-electron chi connectivity index (χ2n) is 10.0. The van der Waals surface area contributed by atoms with Crippen LogP contribution in [-0.2, 0) is 36.8 Å². The van der Waals surface area contributed by atoms with E-state index in [-0.39, 0.29) is 32.2 Å². The summed E-state index contributed by atoms with van der Waals surface area (Å²) in [6.07, 6.45) is 4.87. The number of carbonyl (C=O) groups is 5. The maximum absolute atomic E-state index is 13.4. The molecule has 0 spiro atoms. The molecule has 0 bridgehead atoms. The fourth-order valence-electron chi connectivity index (χ4n) is 5.02. The first-order chi connectivity index (χ1) is 19.6. The third kappa shape index (κ3) is 7.28. The first-order valence-electron chi connectivity index (χ1n) is 13.3. The molecule has 8 N–H and O–H groups in total. The number of aliphatic carboxylic acids is 2. The quantitative estimate of drug-likeness (QED) is 0.146. The molecule has 4 atom stereocenters. The molecule has 0 radical (unpaired) electrons. The van der Waals surface area contributed by atoms with E-state index >= 15 is 0 Å². The number of likely N-dealkylation sites (tertiary alicyclic amines) is 1. The number of H-pyrrole nitrogens is 2. The highest BCUT2D eigenvalue weighted by atomic mass is 16.4. The Labute approximate surface area is 234 Å². The number of carboxylic acid groups (broad SMARTS) is 2. The molecule has 1 aromatic carbocycles. The van der Waals surface area contributed by atoms with Gasteiger partial charge in [0, 0.05) is 48.4 Å². The number of carbonyl (C=O) groups excluding carboxylic acids is 3. The molecule has 0 aliphatic carbocycles. The number of aromatic amines is 2. The first kappa shape index (κ1) is 29.3. The van der Waals surface area contributed by atoms with E-state index in [1.807, 2.05) is 24.3 Å². The zero-order valence-corrected chi connectivity index (χ0v) is 22.2. The van der Waals surface area contributed by atoms with Crippen molar-refractivity contribution in [2.75, 3.05) is 6.54 Å². The summed E-state index contributed by atoms with van der Waals surface area (Å²) in [5.74, 6) is -4.37. The van der Waals surface area contributed by atoms with E-state index in [0.29, 0.717) is 12.1 Å². The number of nitrogens with zero attached hydrogens (tertiary/aromatic N) is 2. The van der Waals surface area contributed by atoms with Crippen molar-refractivity contribution in [2.24, 2.45) is 5.73 Å². The van der Waals surface area contributed by atoms with Gasteiger partial charge in [0.05, 0.1) is 12.4 Å². The molecule has 14 nitrogen and oxygen atoms in total. The number of aromatic nitrogens is 3. The second kappa shape index (κ2) is 13.1. The van der Waals surface area contributed by atoms with Gasteiger partial charge in [0.2, 0.25) is 17.7 Å². The van der Waals surface area contributed by atoms with E-state index in [1.165, 1.54) is 17.4 Å². The molecule has 3 heterocycles. The zero-order chi connectivity index (χ0) is 29.5. The zero-order valence-electron chi connectivity index (χ0n) is 22.2. The SMILES string of the molecule is NC(Cc1c[nH]c2ccccc12)C(=O)NC(CCC(=O)O)C(=O)NC(Cc1cnc[nH]1)C(=O)N1CCCC1C(=O)O. The molecule has 218 valence electrons.